The molecule has 126 valence electrons. The number of rotatable bonds is 7. The molecule has 1 atom stereocenters. The molecular weight excluding hydrogens is 367 g/mol. The van der Waals surface area contributed by atoms with Crippen molar-refractivity contribution in [2.45, 2.75) is 35.1 Å². The summed E-state index contributed by atoms with van der Waals surface area (Å²) in [6.07, 6.45) is -8.99. The van der Waals surface area contributed by atoms with E-state index in [0.29, 0.717) is 0 Å². The summed E-state index contributed by atoms with van der Waals surface area (Å²) in [5, 5.41) is 8.25. The molecule has 2 nitrogen and oxygen atoms in total. The van der Waals surface area contributed by atoms with Crippen molar-refractivity contribution in [2.24, 2.45) is 0 Å². The Labute approximate surface area is 120 Å². The second kappa shape index (κ2) is 6.31. The van der Waals surface area contributed by atoms with Gasteiger partial charge >= 0.3 is 29.9 Å². The van der Waals surface area contributed by atoms with Crippen LogP contribution in [-0.4, -0.2) is 45.5 Å². The van der Waals surface area contributed by atoms with Crippen LogP contribution in [0.25, 0.3) is 0 Å². The second-order valence-electron chi connectivity index (χ2n) is 3.63. The van der Waals surface area contributed by atoms with Crippen molar-refractivity contribution >= 4 is 29.3 Å². The highest BCUT2D eigenvalue weighted by atomic mass is 35.5. The van der Waals surface area contributed by atoms with Gasteiger partial charge in [0.2, 0.25) is 0 Å². The molecule has 1 N–H and O–H groups in total. The summed E-state index contributed by atoms with van der Waals surface area (Å²) in [6.45, 7) is 0. The minimum Gasteiger partial charge on any atom is -0.480 e. The van der Waals surface area contributed by atoms with Gasteiger partial charge in [0, 0.05) is 12.2 Å². The van der Waals surface area contributed by atoms with Gasteiger partial charge in [-0.15, -0.1) is 11.8 Å². The van der Waals surface area contributed by atoms with Crippen LogP contribution in [0.5, 0.6) is 0 Å². The summed E-state index contributed by atoms with van der Waals surface area (Å²) in [4.78, 5) is 10.2. The Balaban J connectivity index is 5.01. The van der Waals surface area contributed by atoms with E-state index in [1.165, 1.54) is 0 Å². The predicted octanol–water partition coefficient (Wildman–Crippen LogP) is 4.23. The molecule has 0 aromatic heterocycles. The maximum atomic E-state index is 12.9. The van der Waals surface area contributed by atoms with Gasteiger partial charge in [-0.25, -0.2) is 4.79 Å². The van der Waals surface area contributed by atoms with E-state index in [1.54, 1.807) is 0 Å². The van der Waals surface area contributed by atoms with Gasteiger partial charge in [-0.05, 0) is 0 Å². The molecule has 0 bridgehead atoms. The first-order valence-electron chi connectivity index (χ1n) is 4.76. The molecular formula is C8H6ClF9O2S. The normalized spacial score (nSPS) is 15.9. The second-order valence-corrected chi connectivity index (χ2v) is 5.53. The van der Waals surface area contributed by atoms with Gasteiger partial charge in [-0.2, -0.15) is 39.5 Å². The summed E-state index contributed by atoms with van der Waals surface area (Å²) in [5.74, 6) is -22.2. The molecule has 13 heteroatoms. The lowest BCUT2D eigenvalue weighted by atomic mass is 10.0. The highest BCUT2D eigenvalue weighted by Crippen LogP contribution is 2.54. The fraction of sp³-hybridized carbons (Fsp3) is 0.875. The van der Waals surface area contributed by atoms with Crippen LogP contribution in [-0.2, 0) is 4.79 Å². The first-order chi connectivity index (χ1) is 9.08. The van der Waals surface area contributed by atoms with Gasteiger partial charge in [0.1, 0.15) is 0 Å². The maximum absolute atomic E-state index is 12.9. The Morgan fingerprint density at radius 3 is 1.76 bits per heavy atom. The minimum absolute atomic E-state index is 0.0280. The lowest BCUT2D eigenvalue weighted by molar-refractivity contribution is -0.396. The summed E-state index contributed by atoms with van der Waals surface area (Å²) in [7, 11) is 0. The molecule has 0 aliphatic heterocycles. The fourth-order valence-corrected chi connectivity index (χ4v) is 1.92. The van der Waals surface area contributed by atoms with Crippen molar-refractivity contribution in [1.29, 1.82) is 0 Å². The van der Waals surface area contributed by atoms with Crippen LogP contribution in [0, 0.1) is 0 Å². The third kappa shape index (κ3) is 4.24. The number of hydrogen-bond donors (Lipinski definition) is 1. The lowest BCUT2D eigenvalue weighted by Crippen LogP contribution is -2.60. The van der Waals surface area contributed by atoms with Crippen LogP contribution in [0.2, 0.25) is 0 Å². The van der Waals surface area contributed by atoms with E-state index in [1.807, 2.05) is 0 Å². The Morgan fingerprint density at radius 2 is 1.43 bits per heavy atom. The Bertz CT molecular complexity index is 384. The van der Waals surface area contributed by atoms with Gasteiger partial charge in [-0.3, -0.25) is 0 Å². The van der Waals surface area contributed by atoms with Crippen molar-refractivity contribution in [3.8, 4) is 0 Å². The highest BCUT2D eigenvalue weighted by Gasteiger charge is 2.81. The lowest BCUT2D eigenvalue weighted by Gasteiger charge is -2.33. The van der Waals surface area contributed by atoms with Crippen molar-refractivity contribution in [3.63, 3.8) is 0 Å². The van der Waals surface area contributed by atoms with Crippen LogP contribution < -0.4 is 0 Å². The average Bonchev–Trinajstić information content (AvgIpc) is 2.26. The van der Waals surface area contributed by atoms with E-state index in [0.717, 1.165) is 0 Å². The highest BCUT2D eigenvalue weighted by molar-refractivity contribution is 8.01. The molecule has 0 radical (unpaired) electrons. The first kappa shape index (κ1) is 20.5. The van der Waals surface area contributed by atoms with Crippen molar-refractivity contribution < 1.29 is 49.4 Å². The minimum atomic E-state index is -6.94. The molecule has 0 amide bonds. The topological polar surface area (TPSA) is 37.3 Å². The van der Waals surface area contributed by atoms with E-state index >= 15 is 0 Å². The van der Waals surface area contributed by atoms with E-state index in [9.17, 15) is 44.3 Å². The fourth-order valence-electron chi connectivity index (χ4n) is 0.927. The van der Waals surface area contributed by atoms with Crippen LogP contribution in [0.15, 0.2) is 0 Å². The van der Waals surface area contributed by atoms with Crippen LogP contribution in [0.1, 0.15) is 6.42 Å². The molecule has 0 saturated heterocycles. The standard InChI is InChI=1S/C8H6ClF9O2S/c9-3(4(19)20)21-2-1-5(10,11)6(12,13)7(14,15)8(16,17)18/h3H,1-2H2,(H,19,20). The number of aliphatic carboxylic acids is 1. The van der Waals surface area contributed by atoms with Gasteiger partial charge in [0.25, 0.3) is 0 Å². The zero-order chi connectivity index (χ0) is 17.3. The largest absolute Gasteiger partial charge is 0.480 e. The smallest absolute Gasteiger partial charge is 0.460 e. The summed E-state index contributed by atoms with van der Waals surface area (Å²) in [6, 6.07) is 0. The number of alkyl halides is 10. The maximum Gasteiger partial charge on any atom is 0.460 e. The first-order valence-corrected chi connectivity index (χ1v) is 6.25. The van der Waals surface area contributed by atoms with Crippen LogP contribution in [0.4, 0.5) is 39.5 Å². The molecule has 1 unspecified atom stereocenters. The number of hydrogen-bond acceptors (Lipinski definition) is 2. The third-order valence-electron chi connectivity index (χ3n) is 2.08. The Hall–Kier alpha value is -0.520. The van der Waals surface area contributed by atoms with Gasteiger partial charge in [-0.1, -0.05) is 11.6 Å². The zero-order valence-corrected chi connectivity index (χ0v) is 11.1. The Kier molecular flexibility index (Phi) is 6.15. The summed E-state index contributed by atoms with van der Waals surface area (Å²) in [5.41, 5.74) is 0. The molecule has 0 aromatic carbocycles. The molecule has 0 aliphatic carbocycles. The number of halogens is 10. The molecule has 0 spiro atoms. The molecule has 0 fully saturated rings. The van der Waals surface area contributed by atoms with Gasteiger partial charge in [0.15, 0.2) is 4.71 Å². The summed E-state index contributed by atoms with van der Waals surface area (Å²) < 4.78 is 110. The number of carboxylic acids is 1. The van der Waals surface area contributed by atoms with E-state index < -0.39 is 46.8 Å². The predicted molar refractivity (Wildman–Crippen MR) is 55.2 cm³/mol. The summed E-state index contributed by atoms with van der Waals surface area (Å²) >= 11 is 5.00. The van der Waals surface area contributed by atoms with Crippen LogP contribution in [0.3, 0.4) is 0 Å². The molecule has 0 saturated carbocycles. The number of carbonyl (C=O) groups is 1. The molecule has 0 aromatic rings. The van der Waals surface area contributed by atoms with Gasteiger partial charge in [0.05, 0.1) is 0 Å². The third-order valence-corrected chi connectivity index (χ3v) is 3.58. The molecule has 21 heavy (non-hydrogen) atoms. The van der Waals surface area contributed by atoms with Crippen molar-refractivity contribution in [2.75, 3.05) is 5.75 Å². The number of thioether (sulfide) groups is 1. The molecule has 0 rings (SSSR count). The average molecular weight is 373 g/mol. The van der Waals surface area contributed by atoms with Gasteiger partial charge < -0.3 is 5.11 Å². The van der Waals surface area contributed by atoms with Crippen molar-refractivity contribution in [1.82, 2.24) is 0 Å². The SMILES string of the molecule is O=C(O)C(Cl)SCCC(F)(F)C(F)(F)C(F)(F)C(F)(F)F. The molecule has 0 aliphatic rings. The van der Waals surface area contributed by atoms with Crippen LogP contribution >= 0.6 is 23.4 Å². The van der Waals surface area contributed by atoms with E-state index in [4.69, 9.17) is 16.7 Å². The number of carboxylic acid groups (broad SMARTS) is 1. The molecule has 0 heterocycles. The quantitative estimate of drug-likeness (QED) is 0.537. The monoisotopic (exact) mass is 372 g/mol. The van der Waals surface area contributed by atoms with Crippen molar-refractivity contribution in [3.05, 3.63) is 0 Å². The Morgan fingerprint density at radius 1 is 1.00 bits per heavy atom. The van der Waals surface area contributed by atoms with E-state index in [2.05, 4.69) is 0 Å². The van der Waals surface area contributed by atoms with E-state index in [-0.39, 0.29) is 11.8 Å². The zero-order valence-electron chi connectivity index (χ0n) is 9.53.